The molecular weight excluding hydrogens is 460 g/mol. The predicted octanol–water partition coefficient (Wildman–Crippen LogP) is 6.15. The number of fused-ring (bicyclic) bond motifs is 1. The number of benzene rings is 3. The first-order chi connectivity index (χ1) is 16.8. The summed E-state index contributed by atoms with van der Waals surface area (Å²) in [6, 6.07) is 21.4. The average molecular weight is 478 g/mol. The van der Waals surface area contributed by atoms with E-state index >= 15 is 0 Å². The van der Waals surface area contributed by atoms with Gasteiger partial charge in [-0.3, -0.25) is 4.79 Å². The molecule has 0 amide bonds. The van der Waals surface area contributed by atoms with Crippen LogP contribution in [0.3, 0.4) is 0 Å². The maximum atomic E-state index is 14.0. The van der Waals surface area contributed by atoms with Gasteiger partial charge in [0.1, 0.15) is 17.2 Å². The van der Waals surface area contributed by atoms with Crippen LogP contribution in [0.5, 0.6) is 0 Å². The number of nitrogens with one attached hydrogen (secondary N) is 2. The van der Waals surface area contributed by atoms with Crippen LogP contribution in [-0.2, 0) is 12.7 Å². The monoisotopic (exact) mass is 478 g/mol. The van der Waals surface area contributed by atoms with E-state index < -0.39 is 17.6 Å². The maximum Gasteiger partial charge on any atom is 0.416 e. The molecule has 2 heterocycles. The van der Waals surface area contributed by atoms with Crippen molar-refractivity contribution in [1.82, 2.24) is 14.8 Å². The summed E-state index contributed by atoms with van der Waals surface area (Å²) in [6.45, 7) is 0.0652. The van der Waals surface area contributed by atoms with Crippen molar-refractivity contribution in [2.24, 2.45) is 0 Å². The molecule has 176 valence electrons. The van der Waals surface area contributed by atoms with E-state index in [0.717, 1.165) is 12.1 Å². The van der Waals surface area contributed by atoms with Crippen LogP contribution >= 0.6 is 0 Å². The largest absolute Gasteiger partial charge is 0.416 e. The second-order valence-corrected chi connectivity index (χ2v) is 7.92. The lowest BCUT2D eigenvalue weighted by molar-refractivity contribution is -0.137. The fourth-order valence-corrected chi connectivity index (χ4v) is 3.83. The fraction of sp³-hybridized carbons (Fsp3) is 0.0769. The van der Waals surface area contributed by atoms with Gasteiger partial charge < -0.3 is 10.3 Å². The number of aromatic nitrogens is 3. The molecule has 3 aromatic carbocycles. The molecule has 2 aromatic heterocycles. The van der Waals surface area contributed by atoms with Crippen molar-refractivity contribution in [2.45, 2.75) is 12.7 Å². The minimum Gasteiger partial charge on any atom is -0.381 e. The van der Waals surface area contributed by atoms with Gasteiger partial charge in [0.15, 0.2) is 0 Å². The molecule has 0 aliphatic carbocycles. The van der Waals surface area contributed by atoms with Crippen LogP contribution in [0.25, 0.3) is 28.0 Å². The summed E-state index contributed by atoms with van der Waals surface area (Å²) in [4.78, 5) is 15.7. The van der Waals surface area contributed by atoms with Crippen molar-refractivity contribution in [3.05, 3.63) is 112 Å². The van der Waals surface area contributed by atoms with E-state index in [0.29, 0.717) is 39.2 Å². The normalized spacial score (nSPS) is 11.7. The molecule has 0 saturated heterocycles. The third kappa shape index (κ3) is 4.52. The molecule has 9 heteroatoms. The third-order valence-corrected chi connectivity index (χ3v) is 5.56. The second kappa shape index (κ2) is 8.75. The van der Waals surface area contributed by atoms with Crippen molar-refractivity contribution in [3.8, 4) is 16.9 Å². The Labute approximate surface area is 196 Å². The molecule has 35 heavy (non-hydrogen) atoms. The third-order valence-electron chi connectivity index (χ3n) is 5.56. The van der Waals surface area contributed by atoms with Crippen molar-refractivity contribution < 1.29 is 17.6 Å². The fourth-order valence-electron chi connectivity index (χ4n) is 3.83. The molecule has 5 nitrogen and oxygen atoms in total. The number of aromatic amines is 1. The number of hydrogen-bond donors (Lipinski definition) is 2. The number of alkyl halides is 3. The second-order valence-electron chi connectivity index (χ2n) is 7.92. The molecular formula is C26H18F4N4O. The maximum absolute atomic E-state index is 14.0. The first kappa shape index (κ1) is 22.4. The van der Waals surface area contributed by atoms with Crippen LogP contribution in [0.15, 0.2) is 89.7 Å². The van der Waals surface area contributed by atoms with Gasteiger partial charge in [-0.25, -0.2) is 9.07 Å². The highest BCUT2D eigenvalue weighted by atomic mass is 19.4. The zero-order valence-electron chi connectivity index (χ0n) is 18.1. The highest BCUT2D eigenvalue weighted by molar-refractivity contribution is 5.92. The van der Waals surface area contributed by atoms with Crippen molar-refractivity contribution in [3.63, 3.8) is 0 Å². The first-order valence-corrected chi connectivity index (χ1v) is 10.7. The number of anilines is 1. The van der Waals surface area contributed by atoms with Gasteiger partial charge in [-0.05, 0) is 54.6 Å². The number of halogens is 4. The summed E-state index contributed by atoms with van der Waals surface area (Å²) >= 11 is 0. The van der Waals surface area contributed by atoms with Crippen LogP contribution in [-0.4, -0.2) is 14.8 Å². The highest BCUT2D eigenvalue weighted by Crippen LogP contribution is 2.31. The van der Waals surface area contributed by atoms with Gasteiger partial charge in [-0.15, -0.1) is 0 Å². The zero-order valence-corrected chi connectivity index (χ0v) is 18.1. The minimum atomic E-state index is -4.42. The summed E-state index contributed by atoms with van der Waals surface area (Å²) in [7, 11) is 0. The Morgan fingerprint density at radius 1 is 0.914 bits per heavy atom. The van der Waals surface area contributed by atoms with Crippen LogP contribution < -0.4 is 10.9 Å². The quantitative estimate of drug-likeness (QED) is 0.298. The highest BCUT2D eigenvalue weighted by Gasteiger charge is 2.29. The van der Waals surface area contributed by atoms with E-state index in [4.69, 9.17) is 0 Å². The Morgan fingerprint density at radius 2 is 1.66 bits per heavy atom. The lowest BCUT2D eigenvalue weighted by Gasteiger charge is -2.10. The van der Waals surface area contributed by atoms with Gasteiger partial charge in [0, 0.05) is 28.7 Å². The van der Waals surface area contributed by atoms with Gasteiger partial charge in [0.05, 0.1) is 11.3 Å². The predicted molar refractivity (Wildman–Crippen MR) is 126 cm³/mol. The Hall–Kier alpha value is -4.40. The van der Waals surface area contributed by atoms with Crippen molar-refractivity contribution in [1.29, 1.82) is 0 Å². The van der Waals surface area contributed by atoms with Gasteiger partial charge >= 0.3 is 6.18 Å². The summed E-state index contributed by atoms with van der Waals surface area (Å²) in [5.74, 6) is -0.418. The van der Waals surface area contributed by atoms with Gasteiger partial charge in [0.2, 0.25) is 0 Å². The van der Waals surface area contributed by atoms with Crippen LogP contribution in [0.2, 0.25) is 0 Å². The number of para-hydroxylation sites is 1. The molecule has 5 aromatic rings. The lowest BCUT2D eigenvalue weighted by Crippen LogP contribution is -2.16. The van der Waals surface area contributed by atoms with E-state index in [2.05, 4.69) is 15.4 Å². The standard InChI is InChI=1S/C26H18F4N4O/c27-19-6-4-5-16(13-19)23-22-14-17(15-31-20-11-9-18(10-12-20)26(28,29)30)25(35)32-24(22)34(33-23)21-7-2-1-3-8-21/h1-14,31H,15H2,(H,32,35). The van der Waals surface area contributed by atoms with Gasteiger partial charge in [-0.2, -0.15) is 18.3 Å². The SMILES string of the molecule is O=c1[nH]c2c(cc1CNc1ccc(C(F)(F)F)cc1)c(-c1cccc(F)c1)nn2-c1ccccc1. The number of H-pyrrole nitrogens is 1. The molecule has 0 aliphatic heterocycles. The summed E-state index contributed by atoms with van der Waals surface area (Å²) in [5.41, 5.74) is 1.83. The molecule has 0 fully saturated rings. The molecule has 0 radical (unpaired) electrons. The zero-order chi connectivity index (χ0) is 24.6. The summed E-state index contributed by atoms with van der Waals surface area (Å²) in [5, 5.41) is 8.23. The molecule has 0 bridgehead atoms. The molecule has 5 rings (SSSR count). The number of nitrogens with zero attached hydrogens (tertiary/aromatic N) is 2. The first-order valence-electron chi connectivity index (χ1n) is 10.7. The van der Waals surface area contributed by atoms with E-state index in [1.165, 1.54) is 24.3 Å². The number of pyridine rings is 1. The molecule has 2 N–H and O–H groups in total. The van der Waals surface area contributed by atoms with E-state index in [1.54, 1.807) is 22.9 Å². The number of rotatable bonds is 5. The van der Waals surface area contributed by atoms with E-state index in [1.807, 2.05) is 30.3 Å². The molecule has 0 spiro atoms. The van der Waals surface area contributed by atoms with Crippen LogP contribution in [0, 0.1) is 5.82 Å². The molecule has 0 saturated carbocycles. The Kier molecular flexibility index (Phi) is 5.60. The van der Waals surface area contributed by atoms with Crippen LogP contribution in [0.4, 0.5) is 23.2 Å². The number of hydrogen-bond acceptors (Lipinski definition) is 3. The smallest absolute Gasteiger partial charge is 0.381 e. The Bertz CT molecular complexity index is 1560. The summed E-state index contributed by atoms with van der Waals surface area (Å²) < 4.78 is 54.0. The minimum absolute atomic E-state index is 0.0652. The van der Waals surface area contributed by atoms with Crippen LogP contribution in [0.1, 0.15) is 11.1 Å². The van der Waals surface area contributed by atoms with E-state index in [-0.39, 0.29) is 12.1 Å². The lowest BCUT2D eigenvalue weighted by atomic mass is 10.1. The molecule has 0 aliphatic rings. The molecule has 0 unspecified atom stereocenters. The van der Waals surface area contributed by atoms with Crippen molar-refractivity contribution >= 4 is 16.7 Å². The van der Waals surface area contributed by atoms with Crippen molar-refractivity contribution in [2.75, 3.05) is 5.32 Å². The van der Waals surface area contributed by atoms with Gasteiger partial charge in [0.25, 0.3) is 5.56 Å². The molecule has 0 atom stereocenters. The Morgan fingerprint density at radius 3 is 2.34 bits per heavy atom. The van der Waals surface area contributed by atoms with E-state index in [9.17, 15) is 22.4 Å². The average Bonchev–Trinajstić information content (AvgIpc) is 3.21. The van der Waals surface area contributed by atoms with Gasteiger partial charge in [-0.1, -0.05) is 30.3 Å². The Balaban J connectivity index is 1.56. The summed E-state index contributed by atoms with van der Waals surface area (Å²) in [6.07, 6.45) is -4.42. The topological polar surface area (TPSA) is 62.7 Å².